The SMILES string of the molecule is O=C(O)CCc1csc(-c2ccc(Br)o2)n1. The first-order valence-corrected chi connectivity index (χ1v) is 6.24. The number of carbonyl (C=O) groups is 1. The third-order valence-corrected chi connectivity index (χ3v) is 3.26. The molecule has 0 aliphatic rings. The highest BCUT2D eigenvalue weighted by Crippen LogP contribution is 2.27. The van der Waals surface area contributed by atoms with Crippen molar-refractivity contribution in [1.82, 2.24) is 4.98 Å². The fourth-order valence-corrected chi connectivity index (χ4v) is 2.32. The largest absolute Gasteiger partial charge is 0.481 e. The van der Waals surface area contributed by atoms with Gasteiger partial charge in [0.25, 0.3) is 0 Å². The van der Waals surface area contributed by atoms with E-state index in [4.69, 9.17) is 9.52 Å². The van der Waals surface area contributed by atoms with Crippen LogP contribution in [0.1, 0.15) is 12.1 Å². The van der Waals surface area contributed by atoms with Crippen LogP contribution in [0.15, 0.2) is 26.6 Å². The van der Waals surface area contributed by atoms with Crippen molar-refractivity contribution in [2.75, 3.05) is 0 Å². The highest BCUT2D eigenvalue weighted by atomic mass is 79.9. The highest BCUT2D eigenvalue weighted by Gasteiger charge is 2.09. The monoisotopic (exact) mass is 301 g/mol. The topological polar surface area (TPSA) is 63.3 Å². The van der Waals surface area contributed by atoms with Gasteiger partial charge < -0.3 is 9.52 Å². The summed E-state index contributed by atoms with van der Waals surface area (Å²) < 4.78 is 6.01. The summed E-state index contributed by atoms with van der Waals surface area (Å²) in [4.78, 5) is 14.7. The Bertz CT molecular complexity index is 506. The van der Waals surface area contributed by atoms with Crippen LogP contribution in [0.4, 0.5) is 0 Å². The number of thiazole rings is 1. The first-order chi connectivity index (χ1) is 7.65. The molecule has 6 heteroatoms. The summed E-state index contributed by atoms with van der Waals surface area (Å²) in [6.07, 6.45) is 0.554. The van der Waals surface area contributed by atoms with Crippen LogP contribution in [0.2, 0.25) is 0 Å². The number of carboxylic acid groups (broad SMARTS) is 1. The molecular weight excluding hydrogens is 294 g/mol. The molecule has 2 heterocycles. The molecule has 0 aliphatic heterocycles. The molecule has 2 rings (SSSR count). The minimum Gasteiger partial charge on any atom is -0.481 e. The molecule has 0 fully saturated rings. The normalized spacial score (nSPS) is 10.6. The third kappa shape index (κ3) is 2.70. The fraction of sp³-hybridized carbons (Fsp3) is 0.200. The number of rotatable bonds is 4. The summed E-state index contributed by atoms with van der Waals surface area (Å²) >= 11 is 4.67. The van der Waals surface area contributed by atoms with E-state index in [1.165, 1.54) is 11.3 Å². The van der Waals surface area contributed by atoms with E-state index in [2.05, 4.69) is 20.9 Å². The van der Waals surface area contributed by atoms with Crippen molar-refractivity contribution in [1.29, 1.82) is 0 Å². The van der Waals surface area contributed by atoms with Crippen LogP contribution in [-0.2, 0) is 11.2 Å². The predicted molar refractivity (Wildman–Crippen MR) is 63.5 cm³/mol. The van der Waals surface area contributed by atoms with Crippen molar-refractivity contribution in [2.45, 2.75) is 12.8 Å². The van der Waals surface area contributed by atoms with Crippen LogP contribution in [-0.4, -0.2) is 16.1 Å². The van der Waals surface area contributed by atoms with Crippen LogP contribution in [0.3, 0.4) is 0 Å². The summed E-state index contributed by atoms with van der Waals surface area (Å²) in [5.74, 6) is -0.117. The summed E-state index contributed by atoms with van der Waals surface area (Å²) in [7, 11) is 0. The Kier molecular flexibility index (Phi) is 3.40. The summed E-state index contributed by atoms with van der Waals surface area (Å²) in [6, 6.07) is 3.62. The van der Waals surface area contributed by atoms with Gasteiger partial charge in [-0.2, -0.15) is 0 Å². The lowest BCUT2D eigenvalue weighted by atomic mass is 10.2. The van der Waals surface area contributed by atoms with Crippen molar-refractivity contribution < 1.29 is 14.3 Å². The fourth-order valence-electron chi connectivity index (χ4n) is 1.20. The zero-order valence-electron chi connectivity index (χ0n) is 8.14. The van der Waals surface area contributed by atoms with E-state index in [1.807, 2.05) is 11.4 Å². The number of hydrogen-bond acceptors (Lipinski definition) is 4. The van der Waals surface area contributed by atoms with Crippen molar-refractivity contribution >= 4 is 33.2 Å². The Morgan fingerprint density at radius 1 is 1.56 bits per heavy atom. The maximum atomic E-state index is 10.4. The summed E-state index contributed by atoms with van der Waals surface area (Å²) in [6.45, 7) is 0. The molecule has 2 aromatic rings. The van der Waals surface area contributed by atoms with Gasteiger partial charge in [0.15, 0.2) is 15.4 Å². The standard InChI is InChI=1S/C10H8BrNO3S/c11-8-3-2-7(15-8)10-12-6(5-16-10)1-4-9(13)14/h2-3,5H,1,4H2,(H,13,14). The number of hydrogen-bond donors (Lipinski definition) is 1. The quantitative estimate of drug-likeness (QED) is 0.942. The molecular formula is C10H8BrNO3S. The second-order valence-electron chi connectivity index (χ2n) is 3.14. The molecule has 0 spiro atoms. The van der Waals surface area contributed by atoms with E-state index >= 15 is 0 Å². The molecule has 1 N–H and O–H groups in total. The van der Waals surface area contributed by atoms with E-state index < -0.39 is 5.97 Å². The molecule has 84 valence electrons. The second-order valence-corrected chi connectivity index (χ2v) is 4.78. The first-order valence-electron chi connectivity index (χ1n) is 4.57. The average molecular weight is 302 g/mol. The lowest BCUT2D eigenvalue weighted by molar-refractivity contribution is -0.136. The summed E-state index contributed by atoms with van der Waals surface area (Å²) in [5, 5.41) is 11.2. The third-order valence-electron chi connectivity index (χ3n) is 1.93. The maximum absolute atomic E-state index is 10.4. The molecule has 0 aromatic carbocycles. The number of nitrogens with zero attached hydrogens (tertiary/aromatic N) is 1. The molecule has 0 aliphatic carbocycles. The number of aliphatic carboxylic acids is 1. The second kappa shape index (κ2) is 4.80. The summed E-state index contributed by atoms with van der Waals surface area (Å²) in [5.41, 5.74) is 0.787. The van der Waals surface area contributed by atoms with Gasteiger partial charge in [0.05, 0.1) is 12.1 Å². The van der Waals surface area contributed by atoms with Crippen molar-refractivity contribution in [3.05, 3.63) is 27.9 Å². The number of aromatic nitrogens is 1. The van der Waals surface area contributed by atoms with E-state index in [1.54, 1.807) is 6.07 Å². The molecule has 0 saturated carbocycles. The maximum Gasteiger partial charge on any atom is 0.303 e. The Hall–Kier alpha value is -1.14. The predicted octanol–water partition coefficient (Wildman–Crippen LogP) is 3.18. The van der Waals surface area contributed by atoms with Crippen molar-refractivity contribution in [2.24, 2.45) is 0 Å². The number of aryl methyl sites for hydroxylation is 1. The van der Waals surface area contributed by atoms with Crippen LogP contribution in [0, 0.1) is 0 Å². The van der Waals surface area contributed by atoms with Crippen molar-refractivity contribution in [3.63, 3.8) is 0 Å². The molecule has 0 atom stereocenters. The number of carboxylic acids is 1. The van der Waals surface area contributed by atoms with Gasteiger partial charge in [-0.3, -0.25) is 4.79 Å². The number of furan rings is 1. The van der Waals surface area contributed by atoms with Crippen molar-refractivity contribution in [3.8, 4) is 10.8 Å². The minimum absolute atomic E-state index is 0.102. The van der Waals surface area contributed by atoms with Gasteiger partial charge in [0, 0.05) is 11.8 Å². The Morgan fingerprint density at radius 3 is 3.00 bits per heavy atom. The Balaban J connectivity index is 2.10. The molecule has 0 unspecified atom stereocenters. The highest BCUT2D eigenvalue weighted by molar-refractivity contribution is 9.10. The van der Waals surface area contributed by atoms with E-state index in [0.717, 1.165) is 10.7 Å². The zero-order valence-corrected chi connectivity index (χ0v) is 10.5. The average Bonchev–Trinajstić information content (AvgIpc) is 2.83. The molecule has 0 radical (unpaired) electrons. The van der Waals surface area contributed by atoms with Crippen LogP contribution in [0.5, 0.6) is 0 Å². The minimum atomic E-state index is -0.810. The van der Waals surface area contributed by atoms with Gasteiger partial charge >= 0.3 is 5.97 Å². The van der Waals surface area contributed by atoms with Gasteiger partial charge in [0.1, 0.15) is 0 Å². The lowest BCUT2D eigenvalue weighted by Crippen LogP contribution is -1.97. The molecule has 0 bridgehead atoms. The molecule has 4 nitrogen and oxygen atoms in total. The lowest BCUT2D eigenvalue weighted by Gasteiger charge is -1.91. The molecule has 0 amide bonds. The molecule has 0 saturated heterocycles. The van der Waals surface area contributed by atoms with E-state index in [0.29, 0.717) is 16.9 Å². The first kappa shape index (κ1) is 11.3. The van der Waals surface area contributed by atoms with Gasteiger partial charge in [0.2, 0.25) is 0 Å². The van der Waals surface area contributed by atoms with Crippen LogP contribution < -0.4 is 0 Å². The van der Waals surface area contributed by atoms with Gasteiger partial charge in [-0.1, -0.05) is 0 Å². The Morgan fingerprint density at radius 2 is 2.38 bits per heavy atom. The van der Waals surface area contributed by atoms with Gasteiger partial charge in [-0.05, 0) is 28.1 Å². The van der Waals surface area contributed by atoms with Crippen LogP contribution >= 0.6 is 27.3 Å². The van der Waals surface area contributed by atoms with Crippen LogP contribution in [0.25, 0.3) is 10.8 Å². The van der Waals surface area contributed by atoms with Gasteiger partial charge in [-0.15, -0.1) is 11.3 Å². The number of halogens is 1. The molecule has 2 aromatic heterocycles. The van der Waals surface area contributed by atoms with E-state index in [9.17, 15) is 4.79 Å². The van der Waals surface area contributed by atoms with E-state index in [-0.39, 0.29) is 6.42 Å². The van der Waals surface area contributed by atoms with Gasteiger partial charge in [-0.25, -0.2) is 4.98 Å². The molecule has 16 heavy (non-hydrogen) atoms. The Labute approximate surface area is 104 Å². The smallest absolute Gasteiger partial charge is 0.303 e. The zero-order chi connectivity index (χ0) is 11.5.